The number of aldehydes is 1. The van der Waals surface area contributed by atoms with Gasteiger partial charge in [0.2, 0.25) is 0 Å². The fourth-order valence-electron chi connectivity index (χ4n) is 0.748. The molecule has 1 amide bonds. The summed E-state index contributed by atoms with van der Waals surface area (Å²) in [6.07, 6.45) is 3.70. The van der Waals surface area contributed by atoms with Crippen molar-refractivity contribution in [2.75, 3.05) is 6.54 Å². The van der Waals surface area contributed by atoms with E-state index in [1.54, 1.807) is 12.1 Å². The first kappa shape index (κ1) is 9.34. The largest absolute Gasteiger partial charge is 0.302 e. The van der Waals surface area contributed by atoms with Crippen LogP contribution in [0.4, 0.5) is 0 Å². The second-order valence-corrected chi connectivity index (χ2v) is 2.24. The lowest BCUT2D eigenvalue weighted by atomic mass is 10.3. The molecule has 0 spiro atoms. The van der Waals surface area contributed by atoms with Crippen molar-refractivity contribution in [2.45, 2.75) is 0 Å². The molecule has 1 rings (SSSR count). The fraction of sp³-hybridized carbons (Fsp3) is 0.125. The first-order chi connectivity index (χ1) is 6.34. The number of nitrogens with zero attached hydrogens (tertiary/aromatic N) is 1. The zero-order chi connectivity index (χ0) is 9.52. The second kappa shape index (κ2) is 5.00. The highest BCUT2D eigenvalue weighted by molar-refractivity contribution is 5.93. The van der Waals surface area contributed by atoms with E-state index >= 15 is 0 Å². The van der Waals surface area contributed by atoms with Gasteiger partial charge in [-0.3, -0.25) is 15.2 Å². The van der Waals surface area contributed by atoms with Crippen LogP contribution in [0.15, 0.2) is 24.5 Å². The summed E-state index contributed by atoms with van der Waals surface area (Å²) in [6, 6.07) is 3.16. The predicted octanol–water partition coefficient (Wildman–Crippen LogP) is -0.485. The standard InChI is InChI=1S/C8H9N3O2/c12-6-5-10-11-8(13)7-1-3-9-4-2-7/h1-4,6,10H,5H2,(H,11,13). The zero-order valence-electron chi connectivity index (χ0n) is 6.86. The molecule has 0 saturated carbocycles. The lowest BCUT2D eigenvalue weighted by Gasteiger charge is -2.02. The third-order valence-corrected chi connectivity index (χ3v) is 1.33. The van der Waals surface area contributed by atoms with E-state index in [-0.39, 0.29) is 12.5 Å². The summed E-state index contributed by atoms with van der Waals surface area (Å²) in [7, 11) is 0. The Labute approximate surface area is 75.1 Å². The van der Waals surface area contributed by atoms with Gasteiger partial charge in [-0.05, 0) is 12.1 Å². The Kier molecular flexibility index (Phi) is 3.59. The van der Waals surface area contributed by atoms with Gasteiger partial charge in [0.15, 0.2) is 0 Å². The van der Waals surface area contributed by atoms with E-state index in [9.17, 15) is 9.59 Å². The SMILES string of the molecule is O=CCNNC(=O)c1ccncc1. The summed E-state index contributed by atoms with van der Waals surface area (Å²) < 4.78 is 0. The topological polar surface area (TPSA) is 71.1 Å². The smallest absolute Gasteiger partial charge is 0.265 e. The van der Waals surface area contributed by atoms with E-state index in [1.165, 1.54) is 12.4 Å². The molecule has 0 unspecified atom stereocenters. The minimum atomic E-state index is -0.288. The van der Waals surface area contributed by atoms with Crippen LogP contribution in [-0.4, -0.2) is 23.7 Å². The molecule has 0 radical (unpaired) electrons. The number of hydrazine groups is 1. The molecule has 0 fully saturated rings. The van der Waals surface area contributed by atoms with Crippen molar-refractivity contribution >= 4 is 12.2 Å². The molecular weight excluding hydrogens is 170 g/mol. The number of nitrogens with one attached hydrogen (secondary N) is 2. The Morgan fingerprint density at radius 1 is 1.46 bits per heavy atom. The van der Waals surface area contributed by atoms with Gasteiger partial charge in [0, 0.05) is 18.0 Å². The van der Waals surface area contributed by atoms with Crippen LogP contribution in [0.1, 0.15) is 10.4 Å². The molecule has 2 N–H and O–H groups in total. The van der Waals surface area contributed by atoms with Crippen molar-refractivity contribution < 1.29 is 9.59 Å². The van der Waals surface area contributed by atoms with Gasteiger partial charge >= 0.3 is 0 Å². The number of pyridine rings is 1. The van der Waals surface area contributed by atoms with Crippen molar-refractivity contribution in [3.63, 3.8) is 0 Å². The molecule has 13 heavy (non-hydrogen) atoms. The molecule has 0 aliphatic carbocycles. The summed E-state index contributed by atoms with van der Waals surface area (Å²) in [5.74, 6) is -0.288. The van der Waals surface area contributed by atoms with Crippen LogP contribution in [-0.2, 0) is 4.79 Å². The number of aromatic nitrogens is 1. The van der Waals surface area contributed by atoms with Crippen LogP contribution >= 0.6 is 0 Å². The Bertz CT molecular complexity index is 287. The monoisotopic (exact) mass is 179 g/mol. The molecule has 5 heteroatoms. The lowest BCUT2D eigenvalue weighted by molar-refractivity contribution is -0.107. The summed E-state index contributed by atoms with van der Waals surface area (Å²) in [5, 5.41) is 0. The predicted molar refractivity (Wildman–Crippen MR) is 45.8 cm³/mol. The molecule has 0 saturated heterocycles. The normalized spacial score (nSPS) is 9.23. The lowest BCUT2D eigenvalue weighted by Crippen LogP contribution is -2.38. The number of carbonyl (C=O) groups is 2. The zero-order valence-corrected chi connectivity index (χ0v) is 6.86. The maximum Gasteiger partial charge on any atom is 0.265 e. The van der Waals surface area contributed by atoms with Gasteiger partial charge in [-0.15, -0.1) is 0 Å². The van der Waals surface area contributed by atoms with Gasteiger partial charge in [0.1, 0.15) is 6.29 Å². The number of amides is 1. The van der Waals surface area contributed by atoms with Gasteiger partial charge in [-0.2, -0.15) is 0 Å². The van der Waals surface area contributed by atoms with E-state index in [4.69, 9.17) is 0 Å². The Hall–Kier alpha value is -1.75. The number of hydrogen-bond acceptors (Lipinski definition) is 4. The van der Waals surface area contributed by atoms with E-state index in [0.717, 1.165) is 0 Å². The van der Waals surface area contributed by atoms with Crippen molar-refractivity contribution in [1.29, 1.82) is 0 Å². The van der Waals surface area contributed by atoms with Crippen LogP contribution in [0.3, 0.4) is 0 Å². The number of carbonyl (C=O) groups excluding carboxylic acids is 2. The van der Waals surface area contributed by atoms with Crippen LogP contribution < -0.4 is 10.9 Å². The minimum Gasteiger partial charge on any atom is -0.302 e. The molecule has 68 valence electrons. The number of hydrogen-bond donors (Lipinski definition) is 2. The quantitative estimate of drug-likeness (QED) is 0.372. The molecule has 0 bridgehead atoms. The van der Waals surface area contributed by atoms with Crippen LogP contribution in [0.2, 0.25) is 0 Å². The fourth-order valence-corrected chi connectivity index (χ4v) is 0.748. The van der Waals surface area contributed by atoms with Crippen LogP contribution in [0, 0.1) is 0 Å². The molecular formula is C8H9N3O2. The third kappa shape index (κ3) is 3.00. The highest BCUT2D eigenvalue weighted by atomic mass is 16.2. The third-order valence-electron chi connectivity index (χ3n) is 1.33. The average Bonchev–Trinajstić information content (AvgIpc) is 2.19. The molecule has 5 nitrogen and oxygen atoms in total. The molecule has 1 aromatic rings. The molecule has 0 aliphatic heterocycles. The van der Waals surface area contributed by atoms with Crippen molar-refractivity contribution in [2.24, 2.45) is 0 Å². The van der Waals surface area contributed by atoms with Crippen LogP contribution in [0.25, 0.3) is 0 Å². The maximum atomic E-state index is 11.2. The summed E-state index contributed by atoms with van der Waals surface area (Å²) >= 11 is 0. The van der Waals surface area contributed by atoms with E-state index in [0.29, 0.717) is 11.8 Å². The Balaban J connectivity index is 2.45. The molecule has 0 aromatic carbocycles. The van der Waals surface area contributed by atoms with Gasteiger partial charge in [0.05, 0.1) is 6.54 Å². The summed E-state index contributed by atoms with van der Waals surface area (Å²) in [5.41, 5.74) is 5.29. The Morgan fingerprint density at radius 3 is 2.77 bits per heavy atom. The van der Waals surface area contributed by atoms with E-state index < -0.39 is 0 Å². The first-order valence-electron chi connectivity index (χ1n) is 3.71. The summed E-state index contributed by atoms with van der Waals surface area (Å²) in [6.45, 7) is 0.0941. The molecule has 0 atom stereocenters. The Morgan fingerprint density at radius 2 is 2.15 bits per heavy atom. The highest BCUT2D eigenvalue weighted by Crippen LogP contribution is 1.93. The minimum absolute atomic E-state index is 0.0941. The van der Waals surface area contributed by atoms with Crippen molar-refractivity contribution in [1.82, 2.24) is 15.8 Å². The van der Waals surface area contributed by atoms with Crippen LogP contribution in [0.5, 0.6) is 0 Å². The average molecular weight is 179 g/mol. The second-order valence-electron chi connectivity index (χ2n) is 2.24. The maximum absolute atomic E-state index is 11.2. The van der Waals surface area contributed by atoms with Gasteiger partial charge in [0.25, 0.3) is 5.91 Å². The molecule has 1 heterocycles. The van der Waals surface area contributed by atoms with Gasteiger partial charge in [-0.1, -0.05) is 0 Å². The highest BCUT2D eigenvalue weighted by Gasteiger charge is 2.01. The van der Waals surface area contributed by atoms with Crippen molar-refractivity contribution in [3.8, 4) is 0 Å². The van der Waals surface area contributed by atoms with Gasteiger partial charge < -0.3 is 4.79 Å². The van der Waals surface area contributed by atoms with E-state index in [2.05, 4.69) is 15.8 Å². The van der Waals surface area contributed by atoms with Gasteiger partial charge in [-0.25, -0.2) is 5.43 Å². The first-order valence-corrected chi connectivity index (χ1v) is 3.71. The summed E-state index contributed by atoms with van der Waals surface area (Å²) in [4.78, 5) is 24.9. The number of rotatable bonds is 4. The van der Waals surface area contributed by atoms with Crippen molar-refractivity contribution in [3.05, 3.63) is 30.1 Å². The molecule has 0 aliphatic rings. The van der Waals surface area contributed by atoms with E-state index in [1.807, 2.05) is 0 Å². The molecule has 1 aromatic heterocycles.